The first kappa shape index (κ1) is 13.4. The Morgan fingerprint density at radius 3 is 2.83 bits per heavy atom. The van der Waals surface area contributed by atoms with E-state index in [1.807, 2.05) is 37.4 Å². The summed E-state index contributed by atoms with van der Waals surface area (Å²) in [6.07, 6.45) is 3.43. The van der Waals surface area contributed by atoms with E-state index in [1.54, 1.807) is 0 Å². The molecule has 1 N–H and O–H groups in total. The van der Waals surface area contributed by atoms with Crippen LogP contribution in [0.15, 0.2) is 30.3 Å². The van der Waals surface area contributed by atoms with Crippen molar-refractivity contribution >= 4 is 0 Å². The van der Waals surface area contributed by atoms with E-state index in [-0.39, 0.29) is 5.41 Å². The van der Waals surface area contributed by atoms with E-state index in [0.717, 1.165) is 45.0 Å². The van der Waals surface area contributed by atoms with Gasteiger partial charge >= 0.3 is 0 Å². The molecule has 100 valence electrons. The van der Waals surface area contributed by atoms with Gasteiger partial charge in [0.1, 0.15) is 5.75 Å². The molecule has 3 heteroatoms. The third-order valence-corrected chi connectivity index (χ3v) is 3.60. The van der Waals surface area contributed by atoms with Gasteiger partial charge in [-0.2, -0.15) is 0 Å². The zero-order valence-corrected chi connectivity index (χ0v) is 11.2. The first-order valence-electron chi connectivity index (χ1n) is 6.75. The molecule has 0 amide bonds. The van der Waals surface area contributed by atoms with E-state index in [0.29, 0.717) is 0 Å². The van der Waals surface area contributed by atoms with Gasteiger partial charge in [-0.05, 0) is 38.4 Å². The fourth-order valence-corrected chi connectivity index (χ4v) is 2.61. The predicted molar refractivity (Wildman–Crippen MR) is 73.0 cm³/mol. The van der Waals surface area contributed by atoms with Crippen LogP contribution in [0.1, 0.15) is 19.3 Å². The van der Waals surface area contributed by atoms with Gasteiger partial charge in [0.05, 0.1) is 13.2 Å². The maximum absolute atomic E-state index is 5.80. The molecule has 0 saturated carbocycles. The lowest BCUT2D eigenvalue weighted by atomic mass is 9.79. The standard InChI is InChI=1S/C15H23NO2/c1-16-12-15(8-5-10-17-13-15)9-11-18-14-6-3-2-4-7-14/h2-4,6-7,16H,5,8-13H2,1H3. The first-order valence-corrected chi connectivity index (χ1v) is 6.75. The van der Waals surface area contributed by atoms with Gasteiger partial charge in [-0.1, -0.05) is 18.2 Å². The molecule has 1 aromatic carbocycles. The summed E-state index contributed by atoms with van der Waals surface area (Å²) in [5, 5.41) is 3.29. The molecule has 0 spiro atoms. The van der Waals surface area contributed by atoms with E-state index in [1.165, 1.54) is 6.42 Å². The molecule has 18 heavy (non-hydrogen) atoms. The SMILES string of the molecule is CNCC1(CCOc2ccccc2)CCCOC1. The molecule has 0 radical (unpaired) electrons. The summed E-state index contributed by atoms with van der Waals surface area (Å²) in [7, 11) is 2.01. The average Bonchev–Trinajstić information content (AvgIpc) is 2.41. The molecule has 1 saturated heterocycles. The van der Waals surface area contributed by atoms with Crippen molar-refractivity contribution in [1.29, 1.82) is 0 Å². The Labute approximate surface area is 109 Å². The topological polar surface area (TPSA) is 30.5 Å². The van der Waals surface area contributed by atoms with E-state index >= 15 is 0 Å². The second-order valence-corrected chi connectivity index (χ2v) is 5.10. The zero-order valence-electron chi connectivity index (χ0n) is 11.2. The molecule has 1 aliphatic heterocycles. The van der Waals surface area contributed by atoms with Crippen molar-refractivity contribution in [2.75, 3.05) is 33.4 Å². The maximum atomic E-state index is 5.80. The van der Waals surface area contributed by atoms with Gasteiger partial charge in [-0.15, -0.1) is 0 Å². The Kier molecular flexibility index (Phi) is 5.02. The van der Waals surface area contributed by atoms with Gasteiger partial charge in [-0.25, -0.2) is 0 Å². The Hall–Kier alpha value is -1.06. The van der Waals surface area contributed by atoms with E-state index in [9.17, 15) is 0 Å². The van der Waals surface area contributed by atoms with Crippen LogP contribution in [0.4, 0.5) is 0 Å². The lowest BCUT2D eigenvalue weighted by Gasteiger charge is -2.36. The Morgan fingerprint density at radius 1 is 1.33 bits per heavy atom. The molecule has 0 aromatic heterocycles. The Morgan fingerprint density at radius 2 is 2.17 bits per heavy atom. The van der Waals surface area contributed by atoms with E-state index in [4.69, 9.17) is 9.47 Å². The normalized spacial score (nSPS) is 23.8. The number of benzene rings is 1. The summed E-state index contributed by atoms with van der Waals surface area (Å²) < 4.78 is 11.4. The van der Waals surface area contributed by atoms with Crippen molar-refractivity contribution in [1.82, 2.24) is 5.32 Å². The Bertz CT molecular complexity index is 328. The van der Waals surface area contributed by atoms with Gasteiger partial charge in [0.2, 0.25) is 0 Å². The molecule has 2 rings (SSSR count). The monoisotopic (exact) mass is 249 g/mol. The number of ether oxygens (including phenoxy) is 2. The molecule has 1 unspecified atom stereocenters. The second kappa shape index (κ2) is 6.76. The van der Waals surface area contributed by atoms with Crippen LogP contribution in [0.2, 0.25) is 0 Å². The lowest BCUT2D eigenvalue weighted by Crippen LogP contribution is -2.41. The van der Waals surface area contributed by atoms with Crippen LogP contribution in [-0.2, 0) is 4.74 Å². The minimum Gasteiger partial charge on any atom is -0.494 e. The molecular formula is C15H23NO2. The van der Waals surface area contributed by atoms with E-state index in [2.05, 4.69) is 5.32 Å². The average molecular weight is 249 g/mol. The van der Waals surface area contributed by atoms with Crippen LogP contribution < -0.4 is 10.1 Å². The molecule has 1 aliphatic rings. The van der Waals surface area contributed by atoms with Crippen LogP contribution in [-0.4, -0.2) is 33.4 Å². The van der Waals surface area contributed by atoms with Crippen molar-refractivity contribution in [3.05, 3.63) is 30.3 Å². The van der Waals surface area contributed by atoms with Crippen LogP contribution >= 0.6 is 0 Å². The minimum absolute atomic E-state index is 0.252. The fourth-order valence-electron chi connectivity index (χ4n) is 2.61. The summed E-state index contributed by atoms with van der Waals surface area (Å²) >= 11 is 0. The summed E-state index contributed by atoms with van der Waals surface area (Å²) in [6.45, 7) is 3.52. The van der Waals surface area contributed by atoms with Gasteiger partial charge in [0, 0.05) is 18.6 Å². The second-order valence-electron chi connectivity index (χ2n) is 5.10. The van der Waals surface area contributed by atoms with Crippen LogP contribution in [0.5, 0.6) is 5.75 Å². The predicted octanol–water partition coefficient (Wildman–Crippen LogP) is 2.47. The van der Waals surface area contributed by atoms with Crippen molar-refractivity contribution in [2.45, 2.75) is 19.3 Å². The summed E-state index contributed by atoms with van der Waals surface area (Å²) in [6, 6.07) is 10.0. The molecular weight excluding hydrogens is 226 g/mol. The molecule has 1 aromatic rings. The summed E-state index contributed by atoms with van der Waals surface area (Å²) in [5.74, 6) is 0.953. The molecule has 1 heterocycles. The third kappa shape index (κ3) is 3.72. The minimum atomic E-state index is 0.252. The maximum Gasteiger partial charge on any atom is 0.119 e. The smallest absolute Gasteiger partial charge is 0.119 e. The Balaban J connectivity index is 1.82. The summed E-state index contributed by atoms with van der Waals surface area (Å²) in [5.41, 5.74) is 0.252. The molecule has 3 nitrogen and oxygen atoms in total. The number of nitrogens with one attached hydrogen (secondary N) is 1. The molecule has 1 fully saturated rings. The number of hydrogen-bond donors (Lipinski definition) is 1. The fraction of sp³-hybridized carbons (Fsp3) is 0.600. The number of rotatable bonds is 6. The van der Waals surface area contributed by atoms with Crippen molar-refractivity contribution in [3.8, 4) is 5.75 Å². The lowest BCUT2D eigenvalue weighted by molar-refractivity contribution is -0.0171. The highest BCUT2D eigenvalue weighted by Gasteiger charge is 2.32. The quantitative estimate of drug-likeness (QED) is 0.840. The van der Waals surface area contributed by atoms with E-state index < -0.39 is 0 Å². The highest BCUT2D eigenvalue weighted by atomic mass is 16.5. The number of para-hydroxylation sites is 1. The summed E-state index contributed by atoms with van der Waals surface area (Å²) in [4.78, 5) is 0. The molecule has 0 bridgehead atoms. The molecule has 1 atom stereocenters. The van der Waals surface area contributed by atoms with Gasteiger partial charge in [0.25, 0.3) is 0 Å². The first-order chi connectivity index (χ1) is 8.85. The van der Waals surface area contributed by atoms with Gasteiger partial charge in [-0.3, -0.25) is 0 Å². The highest BCUT2D eigenvalue weighted by Crippen LogP contribution is 2.31. The van der Waals surface area contributed by atoms with Crippen LogP contribution in [0, 0.1) is 5.41 Å². The van der Waals surface area contributed by atoms with Gasteiger partial charge in [0.15, 0.2) is 0 Å². The number of hydrogen-bond acceptors (Lipinski definition) is 3. The molecule has 0 aliphatic carbocycles. The van der Waals surface area contributed by atoms with Crippen molar-refractivity contribution in [2.24, 2.45) is 5.41 Å². The van der Waals surface area contributed by atoms with Gasteiger partial charge < -0.3 is 14.8 Å². The van der Waals surface area contributed by atoms with Crippen LogP contribution in [0.25, 0.3) is 0 Å². The third-order valence-electron chi connectivity index (χ3n) is 3.60. The van der Waals surface area contributed by atoms with Crippen LogP contribution in [0.3, 0.4) is 0 Å². The van der Waals surface area contributed by atoms with Crippen molar-refractivity contribution in [3.63, 3.8) is 0 Å². The van der Waals surface area contributed by atoms with Crippen molar-refractivity contribution < 1.29 is 9.47 Å². The zero-order chi connectivity index (χ0) is 12.7. The largest absolute Gasteiger partial charge is 0.494 e. The highest BCUT2D eigenvalue weighted by molar-refractivity contribution is 5.20.